The van der Waals surface area contributed by atoms with Gasteiger partial charge in [0.2, 0.25) is 0 Å². The number of H-pyrrole nitrogens is 1. The second-order valence-electron chi connectivity index (χ2n) is 2.64. The molecule has 2 aromatic rings. The number of nitrogens with zero attached hydrogens (tertiary/aromatic N) is 1. The normalized spacial score (nSPS) is 10.2. The first kappa shape index (κ1) is 7.67. The fourth-order valence-corrected chi connectivity index (χ4v) is 1.20. The molecular formula is C9H7N2O2+. The second kappa shape index (κ2) is 2.82. The number of fused-ring (bicyclic) bond motifs is 1. The van der Waals surface area contributed by atoms with E-state index in [9.17, 15) is 9.70 Å². The van der Waals surface area contributed by atoms with Crippen molar-refractivity contribution in [1.29, 1.82) is 0 Å². The van der Waals surface area contributed by atoms with Crippen molar-refractivity contribution in [1.82, 2.24) is 5.10 Å². The highest BCUT2D eigenvalue weighted by molar-refractivity contribution is 5.74. The van der Waals surface area contributed by atoms with Crippen molar-refractivity contribution in [3.8, 4) is 0 Å². The van der Waals surface area contributed by atoms with Crippen molar-refractivity contribution >= 4 is 10.9 Å². The van der Waals surface area contributed by atoms with Gasteiger partial charge in [0.25, 0.3) is 0 Å². The highest BCUT2D eigenvalue weighted by atomic mass is 16.3. The first-order valence-electron chi connectivity index (χ1n) is 3.82. The van der Waals surface area contributed by atoms with Crippen molar-refractivity contribution in [2.45, 2.75) is 0 Å². The van der Waals surface area contributed by atoms with Crippen LogP contribution in [0.3, 0.4) is 0 Å². The lowest BCUT2D eigenvalue weighted by Gasteiger charge is -1.78. The topological polar surface area (TPSA) is 55.8 Å². The molecule has 0 aliphatic carbocycles. The lowest BCUT2D eigenvalue weighted by molar-refractivity contribution is -0.535. The van der Waals surface area contributed by atoms with Crippen LogP contribution in [0, 0.1) is 4.91 Å². The van der Waals surface area contributed by atoms with Gasteiger partial charge in [-0.05, 0) is 6.07 Å². The molecule has 1 aromatic carbocycles. The fraction of sp³-hybridized carbons (Fsp3) is 0. The molecule has 2 rings (SSSR count). The minimum atomic E-state index is -0.165. The summed E-state index contributed by atoms with van der Waals surface area (Å²) in [6, 6.07) is 7.99. The van der Waals surface area contributed by atoms with Crippen molar-refractivity contribution < 1.29 is 4.54 Å². The maximum Gasteiger partial charge on any atom is 0.303 e. The lowest BCUT2D eigenvalue weighted by Crippen LogP contribution is -2.17. The zero-order valence-corrected chi connectivity index (χ0v) is 6.73. The molecule has 0 amide bonds. The van der Waals surface area contributed by atoms with Crippen molar-refractivity contribution in [3.63, 3.8) is 0 Å². The molecule has 0 spiro atoms. The Morgan fingerprint density at radius 1 is 1.15 bits per heavy atom. The molecule has 0 radical (unpaired) electrons. The van der Waals surface area contributed by atoms with Gasteiger partial charge in [0, 0.05) is 12.1 Å². The highest BCUT2D eigenvalue weighted by Crippen LogP contribution is 2.00. The minimum Gasteiger partial charge on any atom is -0.289 e. The standard InChI is InChI=1S/C9H6N2O2/c12-9-5-6-10-11(13)8-4-2-1-3-7(8)9/h1-6H/p+1. The first-order chi connectivity index (χ1) is 6.29. The lowest BCUT2D eigenvalue weighted by atomic mass is 10.2. The zero-order valence-electron chi connectivity index (χ0n) is 6.73. The van der Waals surface area contributed by atoms with Crippen molar-refractivity contribution in [2.24, 2.45) is 0 Å². The maximum atomic E-state index is 11.4. The van der Waals surface area contributed by atoms with E-state index in [4.69, 9.17) is 0 Å². The van der Waals surface area contributed by atoms with Crippen LogP contribution >= 0.6 is 0 Å². The van der Waals surface area contributed by atoms with Gasteiger partial charge >= 0.3 is 5.52 Å². The Hall–Kier alpha value is -1.97. The molecule has 1 heterocycles. The van der Waals surface area contributed by atoms with Crippen molar-refractivity contribution in [3.05, 3.63) is 51.7 Å². The summed E-state index contributed by atoms with van der Waals surface area (Å²) in [4.78, 5) is 22.6. The highest BCUT2D eigenvalue weighted by Gasteiger charge is 2.05. The van der Waals surface area contributed by atoms with Gasteiger partial charge in [0.15, 0.2) is 9.97 Å². The van der Waals surface area contributed by atoms with Crippen LogP contribution in [0.1, 0.15) is 0 Å². The number of benzene rings is 1. The summed E-state index contributed by atoms with van der Waals surface area (Å²) in [5.74, 6) is 0. The van der Waals surface area contributed by atoms with E-state index >= 15 is 0 Å². The van der Waals surface area contributed by atoms with Gasteiger partial charge in [-0.3, -0.25) is 4.79 Å². The fourth-order valence-electron chi connectivity index (χ4n) is 1.20. The van der Waals surface area contributed by atoms with E-state index in [1.807, 2.05) is 0 Å². The number of rotatable bonds is 0. The summed E-state index contributed by atoms with van der Waals surface area (Å²) in [5.41, 5.74) is 0.180. The number of aromatic amines is 1. The molecule has 1 N–H and O–H groups in total. The third-order valence-electron chi connectivity index (χ3n) is 1.81. The van der Waals surface area contributed by atoms with Crippen LogP contribution in [0.5, 0.6) is 0 Å². The van der Waals surface area contributed by atoms with Crippen LogP contribution in [0.25, 0.3) is 10.9 Å². The summed E-state index contributed by atoms with van der Waals surface area (Å²) in [5, 5.41) is 2.82. The molecule has 1 aromatic heterocycles. The molecule has 0 atom stereocenters. The summed E-state index contributed by atoms with van der Waals surface area (Å²) < 4.78 is 0.566. The third-order valence-corrected chi connectivity index (χ3v) is 1.81. The van der Waals surface area contributed by atoms with E-state index < -0.39 is 0 Å². The SMILES string of the molecule is O=c1cc[nH][n+](=O)c2ccccc12. The monoisotopic (exact) mass is 175 g/mol. The summed E-state index contributed by atoms with van der Waals surface area (Å²) in [6.45, 7) is 0. The molecule has 0 bridgehead atoms. The molecule has 64 valence electrons. The van der Waals surface area contributed by atoms with Gasteiger partial charge < -0.3 is 0 Å². The van der Waals surface area contributed by atoms with Gasteiger partial charge in [0.1, 0.15) is 5.39 Å². The molecule has 4 heteroatoms. The molecule has 0 aliphatic rings. The molecule has 0 aliphatic heterocycles. The van der Waals surface area contributed by atoms with Gasteiger partial charge in [-0.15, -0.1) is 5.10 Å². The Bertz CT molecular complexity index is 511. The summed E-state index contributed by atoms with van der Waals surface area (Å²) in [6.07, 6.45) is 1.33. The largest absolute Gasteiger partial charge is 0.303 e. The molecule has 13 heavy (non-hydrogen) atoms. The van der Waals surface area contributed by atoms with Crippen LogP contribution in [0.2, 0.25) is 0 Å². The van der Waals surface area contributed by atoms with Gasteiger partial charge in [-0.2, -0.15) is 0 Å². The quantitative estimate of drug-likeness (QED) is 0.591. The first-order valence-corrected chi connectivity index (χ1v) is 3.82. The molecule has 0 unspecified atom stereocenters. The number of nitrogens with one attached hydrogen (secondary N) is 1. The van der Waals surface area contributed by atoms with E-state index in [1.165, 1.54) is 12.3 Å². The van der Waals surface area contributed by atoms with E-state index in [-0.39, 0.29) is 5.43 Å². The van der Waals surface area contributed by atoms with Gasteiger partial charge in [-0.1, -0.05) is 12.1 Å². The molecular weight excluding hydrogens is 168 g/mol. The van der Waals surface area contributed by atoms with Crippen LogP contribution < -0.4 is 9.97 Å². The number of para-hydroxylation sites is 1. The van der Waals surface area contributed by atoms with Crippen LogP contribution in [-0.4, -0.2) is 5.10 Å². The Morgan fingerprint density at radius 3 is 2.77 bits per heavy atom. The number of hydrogen-bond donors (Lipinski definition) is 1. The number of aromatic nitrogens is 2. The Kier molecular flexibility index (Phi) is 1.66. The second-order valence-corrected chi connectivity index (χ2v) is 2.64. The van der Waals surface area contributed by atoms with Crippen molar-refractivity contribution in [2.75, 3.05) is 0 Å². The van der Waals surface area contributed by atoms with E-state index in [1.54, 1.807) is 24.3 Å². The number of hydrogen-bond acceptors (Lipinski definition) is 2. The van der Waals surface area contributed by atoms with E-state index in [0.29, 0.717) is 15.4 Å². The average Bonchev–Trinajstić information content (AvgIpc) is 2.29. The maximum absolute atomic E-state index is 11.4. The molecule has 0 saturated carbocycles. The third kappa shape index (κ3) is 1.22. The summed E-state index contributed by atoms with van der Waals surface area (Å²) in [7, 11) is 0. The van der Waals surface area contributed by atoms with Crippen LogP contribution in [0.15, 0.2) is 41.3 Å². The average molecular weight is 175 g/mol. The van der Waals surface area contributed by atoms with Crippen LogP contribution in [0.4, 0.5) is 0 Å². The van der Waals surface area contributed by atoms with Gasteiger partial charge in [-0.25, -0.2) is 0 Å². The Balaban J connectivity index is 3.19. The van der Waals surface area contributed by atoms with E-state index in [2.05, 4.69) is 5.10 Å². The predicted molar refractivity (Wildman–Crippen MR) is 47.9 cm³/mol. The molecule has 4 nitrogen and oxygen atoms in total. The Morgan fingerprint density at radius 2 is 1.92 bits per heavy atom. The molecule has 0 saturated heterocycles. The van der Waals surface area contributed by atoms with E-state index in [0.717, 1.165) is 0 Å². The minimum absolute atomic E-state index is 0.165. The zero-order chi connectivity index (χ0) is 9.26. The van der Waals surface area contributed by atoms with Crippen LogP contribution in [-0.2, 0) is 0 Å². The predicted octanol–water partition coefficient (Wildman–Crippen LogP) is 0.443. The summed E-state index contributed by atoms with van der Waals surface area (Å²) >= 11 is 0. The smallest absolute Gasteiger partial charge is 0.289 e. The molecule has 0 fully saturated rings. The Labute approximate surface area is 73.0 Å². The van der Waals surface area contributed by atoms with Gasteiger partial charge in [0.05, 0.1) is 11.1 Å².